The summed E-state index contributed by atoms with van der Waals surface area (Å²) in [5.41, 5.74) is -0.163. The van der Waals surface area contributed by atoms with Crippen LogP contribution in [0.15, 0.2) is 0 Å². The minimum atomic E-state index is -0.163. The highest BCUT2D eigenvalue weighted by Crippen LogP contribution is 2.35. The van der Waals surface area contributed by atoms with Crippen LogP contribution in [0, 0.1) is 5.92 Å². The fraction of sp³-hybridized carbons (Fsp3) is 0.933. The fourth-order valence-corrected chi connectivity index (χ4v) is 4.01. The van der Waals surface area contributed by atoms with E-state index >= 15 is 0 Å². The van der Waals surface area contributed by atoms with E-state index in [9.17, 15) is 4.79 Å². The Bertz CT molecular complexity index is 330. The number of nitrogens with zero attached hydrogens (tertiary/aromatic N) is 2. The minimum Gasteiger partial charge on any atom is -0.328 e. The molecule has 3 aliphatic rings. The Morgan fingerprint density at radius 3 is 2.58 bits per heavy atom. The highest BCUT2D eigenvalue weighted by Gasteiger charge is 2.48. The first-order valence-electron chi connectivity index (χ1n) is 8.00. The summed E-state index contributed by atoms with van der Waals surface area (Å²) in [7, 11) is 0. The molecular formula is C15H27N3O. The maximum atomic E-state index is 12.6. The highest BCUT2D eigenvalue weighted by molar-refractivity contribution is 5.88. The van der Waals surface area contributed by atoms with Gasteiger partial charge >= 0.3 is 0 Å². The monoisotopic (exact) mass is 265 g/mol. The molecule has 1 aliphatic carbocycles. The van der Waals surface area contributed by atoms with Gasteiger partial charge in [0.1, 0.15) is 0 Å². The molecule has 108 valence electrons. The molecule has 0 aromatic heterocycles. The molecule has 2 saturated heterocycles. The molecular weight excluding hydrogens is 238 g/mol. The van der Waals surface area contributed by atoms with Crippen LogP contribution in [0.25, 0.3) is 0 Å². The van der Waals surface area contributed by atoms with Gasteiger partial charge < -0.3 is 9.80 Å². The van der Waals surface area contributed by atoms with E-state index in [1.54, 1.807) is 0 Å². The molecule has 3 rings (SSSR count). The van der Waals surface area contributed by atoms with E-state index in [2.05, 4.69) is 22.0 Å². The van der Waals surface area contributed by atoms with Crippen LogP contribution in [-0.2, 0) is 4.79 Å². The van der Waals surface area contributed by atoms with Gasteiger partial charge in [-0.3, -0.25) is 10.1 Å². The smallest absolute Gasteiger partial charge is 0.243 e. The van der Waals surface area contributed by atoms with Crippen LogP contribution >= 0.6 is 0 Å². The van der Waals surface area contributed by atoms with Crippen molar-refractivity contribution in [3.05, 3.63) is 0 Å². The van der Waals surface area contributed by atoms with Crippen LogP contribution in [0.2, 0.25) is 0 Å². The topological polar surface area (TPSA) is 35.6 Å². The zero-order chi connectivity index (χ0) is 13.3. The van der Waals surface area contributed by atoms with Gasteiger partial charge in [-0.25, -0.2) is 0 Å². The Kier molecular flexibility index (Phi) is 3.81. The Morgan fingerprint density at radius 1 is 1.26 bits per heavy atom. The van der Waals surface area contributed by atoms with Crippen LogP contribution in [0.5, 0.6) is 0 Å². The maximum absolute atomic E-state index is 12.6. The Hall–Kier alpha value is -0.610. The first-order valence-corrected chi connectivity index (χ1v) is 8.00. The lowest BCUT2D eigenvalue weighted by Crippen LogP contribution is -2.45. The Morgan fingerprint density at radius 2 is 1.95 bits per heavy atom. The van der Waals surface area contributed by atoms with Gasteiger partial charge in [-0.1, -0.05) is 19.8 Å². The van der Waals surface area contributed by atoms with E-state index in [4.69, 9.17) is 0 Å². The number of hydrogen-bond acceptors (Lipinski definition) is 3. The lowest BCUT2D eigenvalue weighted by atomic mass is 9.94. The van der Waals surface area contributed by atoms with E-state index in [0.717, 1.165) is 26.1 Å². The van der Waals surface area contributed by atoms with Gasteiger partial charge in [0.25, 0.3) is 0 Å². The molecule has 0 radical (unpaired) electrons. The van der Waals surface area contributed by atoms with Gasteiger partial charge in [0.05, 0.1) is 12.2 Å². The van der Waals surface area contributed by atoms with E-state index < -0.39 is 0 Å². The average molecular weight is 265 g/mol. The second kappa shape index (κ2) is 5.41. The van der Waals surface area contributed by atoms with Crippen molar-refractivity contribution in [1.82, 2.24) is 15.1 Å². The van der Waals surface area contributed by atoms with E-state index in [1.165, 1.54) is 45.3 Å². The molecule has 2 heterocycles. The summed E-state index contributed by atoms with van der Waals surface area (Å²) in [5.74, 6) is 1.10. The first-order chi connectivity index (χ1) is 9.23. The summed E-state index contributed by atoms with van der Waals surface area (Å²) in [4.78, 5) is 17.2. The summed E-state index contributed by atoms with van der Waals surface area (Å²) in [6.07, 6.45) is 7.03. The average Bonchev–Trinajstić information content (AvgIpc) is 3.03. The molecule has 3 fully saturated rings. The molecule has 1 N–H and O–H groups in total. The molecule has 2 aliphatic heterocycles. The lowest BCUT2D eigenvalue weighted by Gasteiger charge is -2.33. The molecule has 19 heavy (non-hydrogen) atoms. The van der Waals surface area contributed by atoms with Crippen LogP contribution in [0.4, 0.5) is 0 Å². The molecule has 4 heteroatoms. The van der Waals surface area contributed by atoms with Crippen molar-refractivity contribution in [3.8, 4) is 0 Å². The molecule has 4 nitrogen and oxygen atoms in total. The van der Waals surface area contributed by atoms with Gasteiger partial charge in [-0.2, -0.15) is 0 Å². The van der Waals surface area contributed by atoms with Crippen LogP contribution in [0.1, 0.15) is 45.4 Å². The summed E-state index contributed by atoms with van der Waals surface area (Å²) in [6.45, 7) is 7.58. The molecule has 0 unspecified atom stereocenters. The standard InChI is InChI=1S/C15H27N3O/c1-2-17-9-5-13(6-10-17)11-18-12-16-15(14(18)19)7-3-4-8-15/h13,16H,2-12H2,1H3. The van der Waals surface area contributed by atoms with Crippen molar-refractivity contribution in [2.45, 2.75) is 51.0 Å². The normalized spacial score (nSPS) is 28.7. The van der Waals surface area contributed by atoms with Crippen molar-refractivity contribution in [3.63, 3.8) is 0 Å². The summed E-state index contributed by atoms with van der Waals surface area (Å²) in [5, 5.41) is 3.51. The van der Waals surface area contributed by atoms with Crippen molar-refractivity contribution in [2.75, 3.05) is 32.8 Å². The van der Waals surface area contributed by atoms with Crippen LogP contribution < -0.4 is 5.32 Å². The van der Waals surface area contributed by atoms with Gasteiger partial charge in [0, 0.05) is 6.54 Å². The van der Waals surface area contributed by atoms with Gasteiger partial charge in [0.15, 0.2) is 0 Å². The number of carbonyl (C=O) groups excluding carboxylic acids is 1. The molecule has 1 amide bonds. The SMILES string of the molecule is CCN1CCC(CN2CNC3(CCCC3)C2=O)CC1. The third-order valence-electron chi connectivity index (χ3n) is 5.39. The van der Waals surface area contributed by atoms with Gasteiger partial charge in [0.2, 0.25) is 5.91 Å². The maximum Gasteiger partial charge on any atom is 0.243 e. The van der Waals surface area contributed by atoms with Gasteiger partial charge in [-0.15, -0.1) is 0 Å². The molecule has 0 atom stereocenters. The molecule has 1 spiro atoms. The molecule has 1 saturated carbocycles. The van der Waals surface area contributed by atoms with E-state index in [0.29, 0.717) is 11.8 Å². The number of nitrogens with one attached hydrogen (secondary N) is 1. The Labute approximate surface area is 116 Å². The van der Waals surface area contributed by atoms with Crippen LogP contribution in [-0.4, -0.2) is 54.1 Å². The number of likely N-dealkylation sites (tertiary alicyclic amines) is 1. The quantitative estimate of drug-likeness (QED) is 0.838. The third kappa shape index (κ3) is 2.52. The van der Waals surface area contributed by atoms with E-state index in [-0.39, 0.29) is 5.54 Å². The molecule has 0 bridgehead atoms. The second-order valence-electron chi connectivity index (χ2n) is 6.53. The number of amides is 1. The predicted octanol–water partition coefficient (Wildman–Crippen LogP) is 1.42. The summed E-state index contributed by atoms with van der Waals surface area (Å²) < 4.78 is 0. The van der Waals surface area contributed by atoms with Crippen molar-refractivity contribution < 1.29 is 4.79 Å². The zero-order valence-corrected chi connectivity index (χ0v) is 12.2. The highest BCUT2D eigenvalue weighted by atomic mass is 16.2. The van der Waals surface area contributed by atoms with Crippen molar-refractivity contribution in [2.24, 2.45) is 5.92 Å². The molecule has 0 aromatic rings. The van der Waals surface area contributed by atoms with E-state index in [1.807, 2.05) is 0 Å². The summed E-state index contributed by atoms with van der Waals surface area (Å²) in [6, 6.07) is 0. The fourth-order valence-electron chi connectivity index (χ4n) is 4.01. The van der Waals surface area contributed by atoms with Crippen molar-refractivity contribution >= 4 is 5.91 Å². The number of piperidine rings is 1. The van der Waals surface area contributed by atoms with Crippen molar-refractivity contribution in [1.29, 1.82) is 0 Å². The number of carbonyl (C=O) groups is 1. The zero-order valence-electron chi connectivity index (χ0n) is 12.2. The Balaban J connectivity index is 1.53. The lowest BCUT2D eigenvalue weighted by molar-refractivity contribution is -0.133. The minimum absolute atomic E-state index is 0.163. The summed E-state index contributed by atoms with van der Waals surface area (Å²) >= 11 is 0. The largest absolute Gasteiger partial charge is 0.328 e. The molecule has 0 aromatic carbocycles. The predicted molar refractivity (Wildman–Crippen MR) is 75.8 cm³/mol. The number of rotatable bonds is 3. The number of hydrogen-bond donors (Lipinski definition) is 1. The third-order valence-corrected chi connectivity index (χ3v) is 5.39. The second-order valence-corrected chi connectivity index (χ2v) is 6.53. The van der Waals surface area contributed by atoms with Gasteiger partial charge in [-0.05, 0) is 51.2 Å². The van der Waals surface area contributed by atoms with Crippen LogP contribution in [0.3, 0.4) is 0 Å². The first kappa shape index (κ1) is 13.4.